The highest BCUT2D eigenvalue weighted by atomic mass is 16.5. The van der Waals surface area contributed by atoms with Gasteiger partial charge in [-0.25, -0.2) is 0 Å². The summed E-state index contributed by atoms with van der Waals surface area (Å²) in [7, 11) is 0. The van der Waals surface area contributed by atoms with Crippen molar-refractivity contribution in [1.82, 2.24) is 0 Å². The van der Waals surface area contributed by atoms with Crippen LogP contribution in [-0.4, -0.2) is 18.0 Å². The molecule has 0 N–H and O–H groups in total. The van der Waals surface area contributed by atoms with Crippen LogP contribution in [0, 0.1) is 0 Å². The van der Waals surface area contributed by atoms with Crippen LogP contribution in [0.2, 0.25) is 0 Å². The van der Waals surface area contributed by atoms with Gasteiger partial charge in [0.15, 0.2) is 5.78 Å². The lowest BCUT2D eigenvalue weighted by molar-refractivity contribution is -0.131. The van der Waals surface area contributed by atoms with Gasteiger partial charge in [0.1, 0.15) is 6.10 Å². The van der Waals surface area contributed by atoms with Crippen LogP contribution < -0.4 is 0 Å². The van der Waals surface area contributed by atoms with Crippen LogP contribution in [0.3, 0.4) is 0 Å². The molecule has 2 saturated heterocycles. The number of hydrogen-bond donors (Lipinski definition) is 0. The fraction of sp³-hybridized carbons (Fsp3) is 0.900. The molecule has 2 fully saturated rings. The Labute approximate surface area is 73.3 Å². The van der Waals surface area contributed by atoms with Crippen LogP contribution in [0.25, 0.3) is 0 Å². The molecule has 2 rings (SSSR count). The highest BCUT2D eigenvalue weighted by molar-refractivity contribution is 5.83. The van der Waals surface area contributed by atoms with Gasteiger partial charge < -0.3 is 4.74 Å². The number of hydrogen-bond acceptors (Lipinski definition) is 2. The molecule has 0 radical (unpaired) electrons. The number of carbonyl (C=O) groups is 1. The minimum atomic E-state index is -0.0417. The molecule has 2 heteroatoms. The summed E-state index contributed by atoms with van der Waals surface area (Å²) in [5.74, 6) is 0.347. The van der Waals surface area contributed by atoms with E-state index < -0.39 is 0 Å². The highest BCUT2D eigenvalue weighted by Crippen LogP contribution is 2.26. The minimum Gasteiger partial charge on any atom is -0.367 e. The van der Waals surface area contributed by atoms with Crippen molar-refractivity contribution in [3.05, 3.63) is 0 Å². The number of Topliss-reactive ketones (excluding diaryl/α,β-unsaturated/α-hetero) is 1. The molecule has 0 amide bonds. The van der Waals surface area contributed by atoms with Crippen molar-refractivity contribution in [3.63, 3.8) is 0 Å². The van der Waals surface area contributed by atoms with Gasteiger partial charge in [-0.1, -0.05) is 12.8 Å². The first-order chi connectivity index (χ1) is 5.86. The minimum absolute atomic E-state index is 0.0417. The molecule has 0 saturated carbocycles. The number of fused-ring (bicyclic) bond motifs is 2. The summed E-state index contributed by atoms with van der Waals surface area (Å²) >= 11 is 0. The van der Waals surface area contributed by atoms with E-state index in [0.29, 0.717) is 11.9 Å². The normalized spacial score (nSPS) is 37.2. The van der Waals surface area contributed by atoms with E-state index in [-0.39, 0.29) is 6.10 Å². The Morgan fingerprint density at radius 1 is 1.08 bits per heavy atom. The number of rotatable bonds is 0. The van der Waals surface area contributed by atoms with Crippen LogP contribution in [0.5, 0.6) is 0 Å². The standard InChI is InChI=1S/C10H16O2/c11-9-6-3-5-8-4-1-2-7-10(9)12-8/h8,10H,1-7H2/t8-,10+/m0/s1. The molecule has 0 spiro atoms. The lowest BCUT2D eigenvalue weighted by Crippen LogP contribution is -2.24. The van der Waals surface area contributed by atoms with E-state index in [2.05, 4.69) is 0 Å². The molecule has 0 aromatic carbocycles. The Balaban J connectivity index is 2.07. The summed E-state index contributed by atoms with van der Waals surface area (Å²) in [5, 5.41) is 0. The second-order valence-electron chi connectivity index (χ2n) is 3.89. The molecule has 2 aliphatic heterocycles. The predicted molar refractivity (Wildman–Crippen MR) is 46.0 cm³/mol. The fourth-order valence-electron chi connectivity index (χ4n) is 2.18. The fourth-order valence-corrected chi connectivity index (χ4v) is 2.18. The Morgan fingerprint density at radius 3 is 2.75 bits per heavy atom. The van der Waals surface area contributed by atoms with E-state index in [0.717, 1.165) is 25.7 Å². The monoisotopic (exact) mass is 168 g/mol. The van der Waals surface area contributed by atoms with Crippen LogP contribution in [0.1, 0.15) is 44.9 Å². The maximum absolute atomic E-state index is 11.5. The van der Waals surface area contributed by atoms with Crippen molar-refractivity contribution in [2.45, 2.75) is 57.2 Å². The average Bonchev–Trinajstić information content (AvgIpc) is 2.38. The van der Waals surface area contributed by atoms with Gasteiger partial charge in [0, 0.05) is 6.42 Å². The van der Waals surface area contributed by atoms with Gasteiger partial charge in [-0.3, -0.25) is 4.79 Å². The molecule has 2 bridgehead atoms. The van der Waals surface area contributed by atoms with E-state index in [9.17, 15) is 4.79 Å². The third-order valence-electron chi connectivity index (χ3n) is 2.91. The van der Waals surface area contributed by atoms with E-state index >= 15 is 0 Å². The molecule has 2 heterocycles. The van der Waals surface area contributed by atoms with E-state index in [1.54, 1.807) is 0 Å². The summed E-state index contributed by atoms with van der Waals surface area (Å²) in [6.07, 6.45) is 7.80. The first-order valence-electron chi connectivity index (χ1n) is 5.04. The Morgan fingerprint density at radius 2 is 1.83 bits per heavy atom. The van der Waals surface area contributed by atoms with Gasteiger partial charge in [0.2, 0.25) is 0 Å². The maximum atomic E-state index is 11.5. The van der Waals surface area contributed by atoms with E-state index in [1.165, 1.54) is 19.3 Å². The van der Waals surface area contributed by atoms with Crippen LogP contribution in [-0.2, 0) is 9.53 Å². The Hall–Kier alpha value is -0.370. The number of carbonyl (C=O) groups excluding carboxylic acids is 1. The second-order valence-corrected chi connectivity index (χ2v) is 3.89. The first kappa shape index (κ1) is 8.24. The Bertz CT molecular complexity index is 177. The smallest absolute Gasteiger partial charge is 0.161 e. The molecule has 2 nitrogen and oxygen atoms in total. The maximum Gasteiger partial charge on any atom is 0.161 e. The lowest BCUT2D eigenvalue weighted by Gasteiger charge is -2.15. The topological polar surface area (TPSA) is 26.3 Å². The molecule has 0 aromatic heterocycles. The summed E-state index contributed by atoms with van der Waals surface area (Å²) in [4.78, 5) is 11.5. The molecule has 0 aromatic rings. The van der Waals surface area contributed by atoms with Crippen LogP contribution in [0.4, 0.5) is 0 Å². The van der Waals surface area contributed by atoms with Crippen molar-refractivity contribution in [2.75, 3.05) is 0 Å². The number of ether oxygens (including phenoxy) is 1. The van der Waals surface area contributed by atoms with Gasteiger partial charge in [-0.15, -0.1) is 0 Å². The van der Waals surface area contributed by atoms with Gasteiger partial charge in [-0.2, -0.15) is 0 Å². The molecule has 12 heavy (non-hydrogen) atoms. The summed E-state index contributed by atoms with van der Waals surface area (Å²) in [6.45, 7) is 0. The van der Waals surface area contributed by atoms with Gasteiger partial charge in [0.25, 0.3) is 0 Å². The van der Waals surface area contributed by atoms with Crippen molar-refractivity contribution >= 4 is 5.78 Å². The number of ketones is 1. The van der Waals surface area contributed by atoms with Crippen molar-refractivity contribution < 1.29 is 9.53 Å². The molecule has 0 aliphatic carbocycles. The average molecular weight is 168 g/mol. The second kappa shape index (κ2) is 3.56. The summed E-state index contributed by atoms with van der Waals surface area (Å²) in [5.41, 5.74) is 0. The van der Waals surface area contributed by atoms with E-state index in [1.807, 2.05) is 0 Å². The van der Waals surface area contributed by atoms with Gasteiger partial charge in [-0.05, 0) is 25.7 Å². The SMILES string of the molecule is O=C1CCC[C@@H]2CCCC[C@H]1O2. The zero-order valence-electron chi connectivity index (χ0n) is 7.42. The zero-order chi connectivity index (χ0) is 8.39. The Kier molecular flexibility index (Phi) is 2.45. The molecule has 2 atom stereocenters. The van der Waals surface area contributed by atoms with Crippen molar-refractivity contribution in [2.24, 2.45) is 0 Å². The van der Waals surface area contributed by atoms with Crippen molar-refractivity contribution in [3.8, 4) is 0 Å². The zero-order valence-corrected chi connectivity index (χ0v) is 7.42. The molecular formula is C10H16O2. The first-order valence-corrected chi connectivity index (χ1v) is 5.04. The van der Waals surface area contributed by atoms with Gasteiger partial charge in [0.05, 0.1) is 6.10 Å². The van der Waals surface area contributed by atoms with Crippen LogP contribution >= 0.6 is 0 Å². The van der Waals surface area contributed by atoms with Crippen molar-refractivity contribution in [1.29, 1.82) is 0 Å². The van der Waals surface area contributed by atoms with E-state index in [4.69, 9.17) is 4.74 Å². The summed E-state index contributed by atoms with van der Waals surface area (Å²) < 4.78 is 5.73. The van der Waals surface area contributed by atoms with Crippen LogP contribution in [0.15, 0.2) is 0 Å². The summed E-state index contributed by atoms with van der Waals surface area (Å²) in [6, 6.07) is 0. The quantitative estimate of drug-likeness (QED) is 0.553. The largest absolute Gasteiger partial charge is 0.367 e. The third-order valence-corrected chi connectivity index (χ3v) is 2.91. The molecule has 68 valence electrons. The predicted octanol–water partition coefficient (Wildman–Crippen LogP) is 2.07. The lowest BCUT2D eigenvalue weighted by atomic mass is 10.0. The van der Waals surface area contributed by atoms with Gasteiger partial charge >= 0.3 is 0 Å². The molecule has 0 unspecified atom stereocenters. The molecule has 2 aliphatic rings. The highest BCUT2D eigenvalue weighted by Gasteiger charge is 2.28. The third kappa shape index (κ3) is 1.69. The molecular weight excluding hydrogens is 152 g/mol.